The van der Waals surface area contributed by atoms with Gasteiger partial charge in [0, 0.05) is 39.7 Å². The zero-order valence-corrected chi connectivity index (χ0v) is 47.0. The number of halogens is 5. The Morgan fingerprint density at radius 1 is 0.740 bits per heavy atom. The average molecular weight is 1180 g/mol. The number of carbonyl (C=O) groups is 3. The molecule has 394 valence electrons. The third-order valence-corrected chi connectivity index (χ3v) is 19.0. The highest BCUT2D eigenvalue weighted by molar-refractivity contribution is 8.00. The first-order valence-corrected chi connectivity index (χ1v) is 29.9. The number of carboxylic acids is 1. The monoisotopic (exact) mass is 1180 g/mol. The summed E-state index contributed by atoms with van der Waals surface area (Å²) in [5, 5.41) is 9.16. The molecule has 1 aliphatic heterocycles. The second-order valence-electron chi connectivity index (χ2n) is 20.1. The summed E-state index contributed by atoms with van der Waals surface area (Å²) < 4.78 is 121. The molecule has 15 nitrogen and oxygen atoms in total. The molecule has 2 unspecified atom stereocenters. The molecule has 1 heterocycles. The molecule has 4 aromatic carbocycles. The molecule has 0 radical (unpaired) electrons. The van der Waals surface area contributed by atoms with Crippen molar-refractivity contribution in [2.24, 2.45) is 10.8 Å². The molecule has 0 bridgehead atoms. The maximum Gasteiger partial charge on any atom is 0.337 e. The van der Waals surface area contributed by atoms with Gasteiger partial charge in [-0.15, -0.1) is 11.8 Å². The van der Waals surface area contributed by atoms with Crippen LogP contribution < -0.4 is 19.9 Å². The largest absolute Gasteiger partial charge is 0.478 e. The van der Waals surface area contributed by atoms with Gasteiger partial charge in [-0.05, 0) is 101 Å². The van der Waals surface area contributed by atoms with Crippen LogP contribution >= 0.6 is 69.8 Å². The fourth-order valence-electron chi connectivity index (χ4n) is 10.3. The third kappa shape index (κ3) is 11.8. The van der Waals surface area contributed by atoms with Crippen molar-refractivity contribution < 1.29 is 67.9 Å². The van der Waals surface area contributed by atoms with Crippen molar-refractivity contribution in [3.05, 3.63) is 93.2 Å². The van der Waals surface area contributed by atoms with E-state index >= 15 is 0 Å². The molecule has 0 saturated heterocycles. The summed E-state index contributed by atoms with van der Waals surface area (Å²) in [6, 6.07) is 4.98. The summed E-state index contributed by atoms with van der Waals surface area (Å²) >= 11 is 33.9. The molecule has 7 rings (SSSR count). The lowest BCUT2D eigenvalue weighted by atomic mass is 9.69. The Bertz CT molecular complexity index is 3520. The Balaban J connectivity index is 1.28. The van der Waals surface area contributed by atoms with Crippen molar-refractivity contribution in [1.29, 1.82) is 0 Å². The molecule has 73 heavy (non-hydrogen) atoms. The lowest BCUT2D eigenvalue weighted by Gasteiger charge is -2.38. The van der Waals surface area contributed by atoms with Crippen molar-refractivity contribution in [1.82, 2.24) is 0 Å². The average Bonchev–Trinajstić information content (AvgIpc) is 3.23. The molecule has 24 heteroatoms. The van der Waals surface area contributed by atoms with Gasteiger partial charge in [0.05, 0.1) is 41.3 Å². The van der Waals surface area contributed by atoms with Gasteiger partial charge in [-0.1, -0.05) is 118 Å². The van der Waals surface area contributed by atoms with Gasteiger partial charge < -0.3 is 14.6 Å². The van der Waals surface area contributed by atoms with Crippen molar-refractivity contribution in [3.63, 3.8) is 0 Å². The summed E-state index contributed by atoms with van der Waals surface area (Å²) in [7, 11) is -15.1. The molecule has 3 aliphatic rings. The van der Waals surface area contributed by atoms with Crippen LogP contribution in [0.5, 0.6) is 17.2 Å². The number of hydrogen-bond donors (Lipinski definition) is 4. The van der Waals surface area contributed by atoms with Crippen molar-refractivity contribution in [3.8, 4) is 17.2 Å². The van der Waals surface area contributed by atoms with Crippen LogP contribution in [-0.2, 0) is 46.4 Å². The summed E-state index contributed by atoms with van der Waals surface area (Å²) in [5.74, 6) is -4.91. The maximum absolute atomic E-state index is 13.8. The highest BCUT2D eigenvalue weighted by Crippen LogP contribution is 2.54. The summed E-state index contributed by atoms with van der Waals surface area (Å²) in [6.07, 6.45) is 4.62. The number of ether oxygens (including phenoxy) is 2. The van der Waals surface area contributed by atoms with E-state index in [1.807, 2.05) is 41.5 Å². The Morgan fingerprint density at radius 3 is 1.90 bits per heavy atom. The molecule has 0 fully saturated rings. The molecule has 0 spiro atoms. The fraction of sp³-hybridized carbons (Fsp3) is 0.408. The van der Waals surface area contributed by atoms with Crippen LogP contribution in [0.25, 0.3) is 11.6 Å². The molecular formula is C49H49Cl5O15S4. The highest BCUT2D eigenvalue weighted by atomic mass is 35.5. The zero-order valence-electron chi connectivity index (χ0n) is 39.9. The van der Waals surface area contributed by atoms with Crippen molar-refractivity contribution >= 4 is 129 Å². The molecular weight excluding hydrogens is 1130 g/mol. The molecule has 2 aliphatic carbocycles. The SMILES string of the molecule is CC1CC(C)(C)Cc2c1cc1c(c2S(=O)(=O)O)Oc2c(S(=O)(=O)O)c3c(cc2=C1c1c(Cl)c(SCC(=O)CCCCCCC(=O)Oc2c(Cl)cc(S(=O)(=O)O)cc2Cl)c(Cl)c(Cl)c1C(=O)O)C(C)CC(C)(C)C=3. The van der Waals surface area contributed by atoms with E-state index < -0.39 is 89.9 Å². The van der Waals surface area contributed by atoms with Crippen molar-refractivity contribution in [2.75, 3.05) is 5.75 Å². The van der Waals surface area contributed by atoms with E-state index in [1.165, 1.54) is 0 Å². The number of unbranched alkanes of at least 4 members (excludes halogenated alkanes) is 3. The lowest BCUT2D eigenvalue weighted by Crippen LogP contribution is -2.35. The number of aromatic carboxylic acids is 1. The predicted molar refractivity (Wildman–Crippen MR) is 279 cm³/mol. The van der Waals surface area contributed by atoms with Gasteiger partial charge in [0.1, 0.15) is 15.6 Å². The number of fused-ring (bicyclic) bond motifs is 4. The quantitative estimate of drug-likeness (QED) is 0.0179. The van der Waals surface area contributed by atoms with E-state index in [9.17, 15) is 58.4 Å². The minimum absolute atomic E-state index is 0.0328. The van der Waals surface area contributed by atoms with E-state index in [0.717, 1.165) is 23.9 Å². The Morgan fingerprint density at radius 2 is 1.33 bits per heavy atom. The minimum Gasteiger partial charge on any atom is -0.478 e. The van der Waals surface area contributed by atoms with Gasteiger partial charge >= 0.3 is 11.9 Å². The number of carbonyl (C=O) groups excluding carboxylic acids is 2. The topological polar surface area (TPSA) is 253 Å². The molecule has 4 N–H and O–H groups in total. The van der Waals surface area contributed by atoms with Crippen molar-refractivity contribution in [2.45, 2.75) is 131 Å². The van der Waals surface area contributed by atoms with E-state index in [-0.39, 0.29) is 106 Å². The molecule has 0 saturated carbocycles. The normalized spacial score (nSPS) is 17.9. The van der Waals surface area contributed by atoms with Gasteiger partial charge in [-0.2, -0.15) is 25.3 Å². The van der Waals surface area contributed by atoms with Gasteiger partial charge in [0.2, 0.25) is 0 Å². The van der Waals surface area contributed by atoms with Crippen LogP contribution in [0.3, 0.4) is 0 Å². The Labute approximate surface area is 451 Å². The van der Waals surface area contributed by atoms with Crippen LogP contribution in [0.4, 0.5) is 0 Å². The highest BCUT2D eigenvalue weighted by Gasteiger charge is 2.43. The fourth-order valence-corrected chi connectivity index (χ4v) is 15.4. The van der Waals surface area contributed by atoms with E-state index in [1.54, 1.807) is 18.2 Å². The number of carboxylic acid groups (broad SMARTS) is 1. The summed E-state index contributed by atoms with van der Waals surface area (Å²) in [4.78, 5) is 37.4. The van der Waals surface area contributed by atoms with Gasteiger partial charge in [0.25, 0.3) is 30.4 Å². The number of hydrogen-bond acceptors (Lipinski definition) is 12. The first-order valence-electron chi connectivity index (χ1n) is 22.7. The van der Waals surface area contributed by atoms with Gasteiger partial charge in [0.15, 0.2) is 17.2 Å². The first kappa shape index (κ1) is 57.3. The smallest absolute Gasteiger partial charge is 0.337 e. The number of rotatable bonds is 16. The number of benzene rings is 4. The second-order valence-corrected chi connectivity index (χ2v) is 27.2. The maximum atomic E-state index is 13.8. The molecule has 4 aromatic rings. The van der Waals surface area contributed by atoms with Crippen LogP contribution in [-0.4, -0.2) is 67.5 Å². The molecule has 2 atom stereocenters. The van der Waals surface area contributed by atoms with Gasteiger partial charge in [-0.3, -0.25) is 23.2 Å². The second kappa shape index (κ2) is 20.8. The van der Waals surface area contributed by atoms with Crippen LogP contribution in [0.1, 0.15) is 143 Å². The predicted octanol–water partition coefficient (Wildman–Crippen LogP) is 11.7. The minimum atomic E-state index is -5.25. The number of ketones is 1. The van der Waals surface area contributed by atoms with E-state index in [0.29, 0.717) is 49.7 Å². The standard InChI is InChI=1S/C49H49Cl5O15S4/c1-22-17-48(3,4)19-30-26(22)15-28-35(29-16-27-23(2)18-49(5,6)20-31(27)46(73(65,66)67)42(29)69-41(28)45(30)72(62,63)64)36-37(47(57)58)38(52)40(54)44(39(36)53)70-21-24(55)11-9-7-8-10-12-34(56)68-43-32(50)13-25(14-33(43)51)71(59,60)61/h13-16,19,22-23H,7-12,17-18,20-21H2,1-6H3,(H,57,58)(H,59,60,61)(H,62,63,64)(H,65,66,67). The number of thioether (sulfide) groups is 1. The first-order chi connectivity index (χ1) is 33.6. The zero-order chi connectivity index (χ0) is 54.2. The Hall–Kier alpha value is -3.44. The number of Topliss-reactive ketones (excluding diaryl/α,β-unsaturated/α-hetero) is 1. The lowest BCUT2D eigenvalue weighted by molar-refractivity contribution is -0.134. The van der Waals surface area contributed by atoms with Gasteiger partial charge in [-0.25, -0.2) is 4.79 Å². The summed E-state index contributed by atoms with van der Waals surface area (Å²) in [5.41, 5.74) is -1.18. The Kier molecular flexibility index (Phi) is 16.3. The van der Waals surface area contributed by atoms with E-state index in [2.05, 4.69) is 0 Å². The van der Waals surface area contributed by atoms with Crippen LogP contribution in [0.2, 0.25) is 25.1 Å². The van der Waals surface area contributed by atoms with Crippen LogP contribution in [0, 0.1) is 10.8 Å². The third-order valence-electron chi connectivity index (χ3n) is 13.1. The molecule has 0 aromatic heterocycles. The van der Waals surface area contributed by atoms with Crippen LogP contribution in [0.15, 0.2) is 43.8 Å². The van der Waals surface area contributed by atoms with E-state index in [4.69, 9.17) is 67.5 Å². The molecule has 0 amide bonds. The summed E-state index contributed by atoms with van der Waals surface area (Å²) in [6.45, 7) is 11.3. The number of esters is 1.